The summed E-state index contributed by atoms with van der Waals surface area (Å²) in [5.74, 6) is -0.452. The van der Waals surface area contributed by atoms with E-state index < -0.39 is 0 Å². The van der Waals surface area contributed by atoms with Crippen LogP contribution in [-0.4, -0.2) is 34.8 Å². The second-order valence-corrected chi connectivity index (χ2v) is 6.57. The SMILES string of the molecule is CCCN(CCC)C(=O)c1cc(C(=O)Nc2cc(Cl)ccc2C)ccn1. The van der Waals surface area contributed by atoms with Crippen molar-refractivity contribution in [3.05, 3.63) is 58.4 Å². The smallest absolute Gasteiger partial charge is 0.272 e. The zero-order chi connectivity index (χ0) is 19.1. The van der Waals surface area contributed by atoms with E-state index in [1.165, 1.54) is 12.3 Å². The van der Waals surface area contributed by atoms with Crippen molar-refractivity contribution >= 4 is 29.1 Å². The molecule has 0 aliphatic carbocycles. The number of rotatable bonds is 7. The van der Waals surface area contributed by atoms with Gasteiger partial charge in [0.15, 0.2) is 0 Å². The molecule has 2 aromatic rings. The van der Waals surface area contributed by atoms with Gasteiger partial charge < -0.3 is 10.2 Å². The van der Waals surface area contributed by atoms with Crippen LogP contribution in [0.5, 0.6) is 0 Å². The lowest BCUT2D eigenvalue weighted by Gasteiger charge is -2.21. The van der Waals surface area contributed by atoms with E-state index in [4.69, 9.17) is 11.6 Å². The number of carbonyl (C=O) groups is 2. The molecule has 1 heterocycles. The monoisotopic (exact) mass is 373 g/mol. The van der Waals surface area contributed by atoms with Crippen LogP contribution in [0.1, 0.15) is 53.1 Å². The Morgan fingerprint density at radius 2 is 1.81 bits per heavy atom. The van der Waals surface area contributed by atoms with Crippen molar-refractivity contribution in [1.82, 2.24) is 9.88 Å². The van der Waals surface area contributed by atoms with E-state index in [-0.39, 0.29) is 17.5 Å². The number of halogens is 1. The van der Waals surface area contributed by atoms with Gasteiger partial charge in [0.05, 0.1) is 0 Å². The van der Waals surface area contributed by atoms with E-state index in [2.05, 4.69) is 10.3 Å². The van der Waals surface area contributed by atoms with Crippen molar-refractivity contribution in [2.75, 3.05) is 18.4 Å². The molecular formula is C20H24ClN3O2. The number of amides is 2. The molecular weight excluding hydrogens is 350 g/mol. The predicted molar refractivity (Wildman–Crippen MR) is 105 cm³/mol. The number of benzene rings is 1. The summed E-state index contributed by atoms with van der Waals surface area (Å²) in [6.07, 6.45) is 3.24. The highest BCUT2D eigenvalue weighted by atomic mass is 35.5. The summed E-state index contributed by atoms with van der Waals surface area (Å²) in [5.41, 5.74) is 2.22. The maximum Gasteiger partial charge on any atom is 0.272 e. The molecule has 5 nitrogen and oxygen atoms in total. The molecule has 26 heavy (non-hydrogen) atoms. The standard InChI is InChI=1S/C20H24ClN3O2/c1-4-10-24(11-5-2)20(26)18-12-15(8-9-22-18)19(25)23-17-13-16(21)7-6-14(17)3/h6-9,12-13H,4-5,10-11H2,1-3H3,(H,23,25). The topological polar surface area (TPSA) is 62.3 Å². The summed E-state index contributed by atoms with van der Waals surface area (Å²) in [6, 6.07) is 8.44. The van der Waals surface area contributed by atoms with Crippen molar-refractivity contribution in [3.8, 4) is 0 Å². The summed E-state index contributed by atoms with van der Waals surface area (Å²) in [7, 11) is 0. The highest BCUT2D eigenvalue weighted by Crippen LogP contribution is 2.21. The van der Waals surface area contributed by atoms with Gasteiger partial charge in [-0.25, -0.2) is 0 Å². The zero-order valence-electron chi connectivity index (χ0n) is 15.4. The van der Waals surface area contributed by atoms with Crippen LogP contribution in [0.15, 0.2) is 36.5 Å². The predicted octanol–water partition coefficient (Wildman–Crippen LogP) is 4.56. The van der Waals surface area contributed by atoms with Crippen molar-refractivity contribution in [1.29, 1.82) is 0 Å². The minimum absolute atomic E-state index is 0.151. The quantitative estimate of drug-likeness (QED) is 0.773. The van der Waals surface area contributed by atoms with Crippen LogP contribution in [-0.2, 0) is 0 Å². The summed E-state index contributed by atoms with van der Waals surface area (Å²) in [4.78, 5) is 31.2. The molecule has 2 amide bonds. The van der Waals surface area contributed by atoms with E-state index in [1.54, 1.807) is 23.1 Å². The van der Waals surface area contributed by atoms with Gasteiger partial charge in [-0.2, -0.15) is 0 Å². The molecule has 0 unspecified atom stereocenters. The first kappa shape index (κ1) is 19.9. The molecule has 138 valence electrons. The molecule has 0 bridgehead atoms. The molecule has 0 spiro atoms. The normalized spacial score (nSPS) is 10.5. The Hall–Kier alpha value is -2.40. The van der Waals surface area contributed by atoms with Crippen LogP contribution in [0.3, 0.4) is 0 Å². The third-order valence-corrected chi connectivity index (χ3v) is 4.20. The van der Waals surface area contributed by atoms with Gasteiger partial charge in [0.2, 0.25) is 0 Å². The summed E-state index contributed by atoms with van der Waals surface area (Å²) in [5, 5.41) is 3.38. The number of pyridine rings is 1. The number of nitrogens with one attached hydrogen (secondary N) is 1. The van der Waals surface area contributed by atoms with Crippen LogP contribution >= 0.6 is 11.6 Å². The second-order valence-electron chi connectivity index (χ2n) is 6.14. The lowest BCUT2D eigenvalue weighted by atomic mass is 10.1. The molecule has 0 fully saturated rings. The molecule has 0 atom stereocenters. The number of nitrogens with zero attached hydrogens (tertiary/aromatic N) is 2. The number of hydrogen-bond acceptors (Lipinski definition) is 3. The Kier molecular flexibility index (Phi) is 7.16. The minimum atomic E-state index is -0.302. The fourth-order valence-corrected chi connectivity index (χ4v) is 2.80. The van der Waals surface area contributed by atoms with Crippen LogP contribution in [0.4, 0.5) is 5.69 Å². The van der Waals surface area contributed by atoms with Crippen molar-refractivity contribution < 1.29 is 9.59 Å². The molecule has 0 saturated carbocycles. The van der Waals surface area contributed by atoms with Gasteiger partial charge in [0, 0.05) is 35.6 Å². The third kappa shape index (κ3) is 5.05. The Morgan fingerprint density at radius 1 is 1.12 bits per heavy atom. The number of aryl methyl sites for hydroxylation is 1. The molecule has 0 aliphatic heterocycles. The first-order chi connectivity index (χ1) is 12.5. The van der Waals surface area contributed by atoms with E-state index in [0.29, 0.717) is 29.4 Å². The number of aromatic nitrogens is 1. The lowest BCUT2D eigenvalue weighted by Crippen LogP contribution is -2.33. The van der Waals surface area contributed by atoms with Gasteiger partial charge in [0.1, 0.15) is 5.69 Å². The van der Waals surface area contributed by atoms with Crippen LogP contribution < -0.4 is 5.32 Å². The Balaban J connectivity index is 2.21. The molecule has 0 radical (unpaired) electrons. The summed E-state index contributed by atoms with van der Waals surface area (Å²) in [6.45, 7) is 7.29. The number of anilines is 1. The molecule has 1 N–H and O–H groups in total. The van der Waals surface area contributed by atoms with Crippen molar-refractivity contribution in [2.24, 2.45) is 0 Å². The Labute approximate surface area is 159 Å². The first-order valence-electron chi connectivity index (χ1n) is 8.79. The van der Waals surface area contributed by atoms with E-state index in [0.717, 1.165) is 18.4 Å². The van der Waals surface area contributed by atoms with Gasteiger partial charge in [-0.3, -0.25) is 14.6 Å². The molecule has 0 saturated heterocycles. The van der Waals surface area contributed by atoms with E-state index in [1.807, 2.05) is 26.8 Å². The van der Waals surface area contributed by atoms with Crippen molar-refractivity contribution in [2.45, 2.75) is 33.6 Å². The molecule has 1 aromatic heterocycles. The highest BCUT2D eigenvalue weighted by Gasteiger charge is 2.17. The van der Waals surface area contributed by atoms with Gasteiger partial charge in [0.25, 0.3) is 11.8 Å². The second kappa shape index (κ2) is 9.34. The first-order valence-corrected chi connectivity index (χ1v) is 9.16. The van der Waals surface area contributed by atoms with Gasteiger partial charge in [-0.05, 0) is 49.6 Å². The van der Waals surface area contributed by atoms with Crippen LogP contribution in [0.2, 0.25) is 5.02 Å². The molecule has 2 rings (SSSR count). The average Bonchev–Trinajstić information content (AvgIpc) is 2.64. The third-order valence-electron chi connectivity index (χ3n) is 3.96. The van der Waals surface area contributed by atoms with Crippen molar-refractivity contribution in [3.63, 3.8) is 0 Å². The Morgan fingerprint density at radius 3 is 2.46 bits per heavy atom. The fraction of sp³-hybridized carbons (Fsp3) is 0.350. The van der Waals surface area contributed by atoms with Gasteiger partial charge in [-0.15, -0.1) is 0 Å². The van der Waals surface area contributed by atoms with E-state index in [9.17, 15) is 9.59 Å². The molecule has 0 aliphatic rings. The van der Waals surface area contributed by atoms with Gasteiger partial charge >= 0.3 is 0 Å². The fourth-order valence-electron chi connectivity index (χ4n) is 2.63. The highest BCUT2D eigenvalue weighted by molar-refractivity contribution is 6.31. The largest absolute Gasteiger partial charge is 0.337 e. The zero-order valence-corrected chi connectivity index (χ0v) is 16.1. The summed E-state index contributed by atoms with van der Waals surface area (Å²) >= 11 is 6.00. The lowest BCUT2D eigenvalue weighted by molar-refractivity contribution is 0.0749. The van der Waals surface area contributed by atoms with E-state index >= 15 is 0 Å². The molecule has 6 heteroatoms. The maximum atomic E-state index is 12.7. The number of carbonyl (C=O) groups excluding carboxylic acids is 2. The average molecular weight is 374 g/mol. The Bertz CT molecular complexity index is 786. The minimum Gasteiger partial charge on any atom is -0.337 e. The van der Waals surface area contributed by atoms with Gasteiger partial charge in [-0.1, -0.05) is 31.5 Å². The molecule has 1 aromatic carbocycles. The van der Waals surface area contributed by atoms with Crippen LogP contribution in [0, 0.1) is 6.92 Å². The van der Waals surface area contributed by atoms with Crippen LogP contribution in [0.25, 0.3) is 0 Å². The summed E-state index contributed by atoms with van der Waals surface area (Å²) < 4.78 is 0. The maximum absolute atomic E-state index is 12.7. The number of hydrogen-bond donors (Lipinski definition) is 1.